The van der Waals surface area contributed by atoms with Gasteiger partial charge in [0.15, 0.2) is 6.10 Å². The molecule has 1 aliphatic heterocycles. The van der Waals surface area contributed by atoms with Crippen molar-refractivity contribution in [3.05, 3.63) is 64.2 Å². The summed E-state index contributed by atoms with van der Waals surface area (Å²) in [7, 11) is 0. The summed E-state index contributed by atoms with van der Waals surface area (Å²) < 4.78 is 37.0. The van der Waals surface area contributed by atoms with Crippen LogP contribution in [0.4, 0.5) is 18.9 Å². The van der Waals surface area contributed by atoms with E-state index in [1.165, 1.54) is 0 Å². The van der Waals surface area contributed by atoms with Crippen LogP contribution in [0, 0.1) is 0 Å². The van der Waals surface area contributed by atoms with Gasteiger partial charge >= 0.3 is 18.1 Å². The van der Waals surface area contributed by atoms with E-state index in [-0.39, 0.29) is 11.9 Å². The van der Waals surface area contributed by atoms with Crippen LogP contribution in [0.1, 0.15) is 34.5 Å². The smallest absolute Gasteiger partial charge is 0.475 e. The lowest BCUT2D eigenvalue weighted by molar-refractivity contribution is -0.192. The third-order valence-electron chi connectivity index (χ3n) is 4.20. The molecule has 2 atom stereocenters. The number of halogens is 4. The van der Waals surface area contributed by atoms with Crippen LogP contribution < -0.4 is 11.1 Å². The lowest BCUT2D eigenvalue weighted by Crippen LogP contribution is -2.38. The first-order chi connectivity index (χ1) is 14.4. The Labute approximate surface area is 179 Å². The van der Waals surface area contributed by atoms with Crippen molar-refractivity contribution in [2.45, 2.75) is 31.7 Å². The predicted octanol–water partition coefficient (Wildman–Crippen LogP) is 3.71. The third kappa shape index (κ3) is 6.43. The molecule has 1 unspecified atom stereocenters. The van der Waals surface area contributed by atoms with Crippen molar-refractivity contribution in [1.82, 2.24) is 0 Å². The van der Waals surface area contributed by atoms with Gasteiger partial charge in [0.05, 0.1) is 10.6 Å². The number of anilines is 1. The first-order valence-electron chi connectivity index (χ1n) is 8.85. The fraction of sp³-hybridized carbons (Fsp3) is 0.250. The van der Waals surface area contributed by atoms with Crippen molar-refractivity contribution < 1.29 is 37.4 Å². The topological polar surface area (TPSA) is 119 Å². The maximum atomic E-state index is 12.4. The normalized spacial score (nSPS) is 16.2. The van der Waals surface area contributed by atoms with Crippen molar-refractivity contribution in [2.24, 2.45) is 5.73 Å². The van der Waals surface area contributed by atoms with E-state index >= 15 is 0 Å². The number of cyclic esters (lactones) is 1. The van der Waals surface area contributed by atoms with Crippen LogP contribution in [0.15, 0.2) is 42.5 Å². The molecule has 31 heavy (non-hydrogen) atoms. The van der Waals surface area contributed by atoms with E-state index in [2.05, 4.69) is 5.32 Å². The maximum absolute atomic E-state index is 12.4. The first-order valence-corrected chi connectivity index (χ1v) is 9.22. The zero-order valence-corrected chi connectivity index (χ0v) is 16.8. The van der Waals surface area contributed by atoms with Crippen LogP contribution in [-0.4, -0.2) is 35.2 Å². The van der Waals surface area contributed by atoms with Crippen LogP contribution in [0.2, 0.25) is 5.02 Å². The number of carbonyl (C=O) groups is 3. The number of amides is 1. The van der Waals surface area contributed by atoms with Gasteiger partial charge in [-0.25, -0.2) is 9.59 Å². The second-order valence-electron chi connectivity index (χ2n) is 6.57. The van der Waals surface area contributed by atoms with Gasteiger partial charge in [-0.05, 0) is 36.2 Å². The molecular weight excluding hydrogens is 441 g/mol. The molecule has 4 N–H and O–H groups in total. The summed E-state index contributed by atoms with van der Waals surface area (Å²) in [6, 6.07) is 12.3. The molecule has 0 saturated heterocycles. The highest BCUT2D eigenvalue weighted by Gasteiger charge is 2.38. The van der Waals surface area contributed by atoms with E-state index < -0.39 is 24.2 Å². The van der Waals surface area contributed by atoms with Gasteiger partial charge in [-0.3, -0.25) is 4.79 Å². The number of carbonyl (C=O) groups excluding carboxylic acids is 2. The van der Waals surface area contributed by atoms with Gasteiger partial charge in [0.1, 0.15) is 0 Å². The molecule has 2 aromatic carbocycles. The standard InChI is InChI=1S/C18H17ClN2O3.C2HF3O2/c1-10(20)11-5-7-13(8-6-11)21-17(22)15-9-12-3-2-4-14(19)16(12)18(23)24-15;3-2(4,5)1(6)7/h2-8,10,15H,9,20H2,1H3,(H,21,22);(H,6,7)/t10-,15?;/m1./s1. The summed E-state index contributed by atoms with van der Waals surface area (Å²) >= 11 is 6.02. The maximum Gasteiger partial charge on any atom is 0.490 e. The summed E-state index contributed by atoms with van der Waals surface area (Å²) in [5, 5.41) is 10.2. The number of aliphatic carboxylic acids is 1. The number of benzene rings is 2. The summed E-state index contributed by atoms with van der Waals surface area (Å²) in [5.41, 5.74) is 8.45. The minimum atomic E-state index is -5.08. The Morgan fingerprint density at radius 2 is 1.81 bits per heavy atom. The Kier molecular flexibility index (Phi) is 7.64. The van der Waals surface area contributed by atoms with Crippen LogP contribution >= 0.6 is 11.6 Å². The van der Waals surface area contributed by atoms with Crippen LogP contribution in [0.25, 0.3) is 0 Å². The number of carboxylic acids is 1. The Balaban J connectivity index is 0.000000423. The minimum Gasteiger partial charge on any atom is -0.475 e. The molecule has 1 heterocycles. The van der Waals surface area contributed by atoms with Gasteiger partial charge in [-0.2, -0.15) is 13.2 Å². The van der Waals surface area contributed by atoms with Crippen molar-refractivity contribution in [3.8, 4) is 0 Å². The molecule has 3 rings (SSSR count). The molecule has 0 aromatic heterocycles. The highest BCUT2D eigenvalue weighted by Crippen LogP contribution is 2.27. The number of hydrogen-bond acceptors (Lipinski definition) is 5. The second kappa shape index (κ2) is 9.80. The summed E-state index contributed by atoms with van der Waals surface area (Å²) in [5.74, 6) is -3.70. The molecule has 0 spiro atoms. The van der Waals surface area contributed by atoms with Gasteiger partial charge in [0.25, 0.3) is 5.91 Å². The molecule has 1 amide bonds. The number of esters is 1. The number of carboxylic acid groups (broad SMARTS) is 1. The fourth-order valence-corrected chi connectivity index (χ4v) is 2.91. The molecule has 0 radical (unpaired) electrons. The molecule has 0 aliphatic carbocycles. The molecule has 0 bridgehead atoms. The van der Waals surface area contributed by atoms with Gasteiger partial charge in [-0.1, -0.05) is 35.9 Å². The molecule has 0 fully saturated rings. The lowest BCUT2D eigenvalue weighted by Gasteiger charge is -2.24. The Morgan fingerprint density at radius 3 is 2.32 bits per heavy atom. The average Bonchev–Trinajstić information content (AvgIpc) is 2.68. The van der Waals surface area contributed by atoms with Gasteiger partial charge in [-0.15, -0.1) is 0 Å². The molecule has 166 valence electrons. The number of nitrogens with one attached hydrogen (secondary N) is 1. The zero-order valence-electron chi connectivity index (χ0n) is 16.1. The van der Waals surface area contributed by atoms with Crippen molar-refractivity contribution in [3.63, 3.8) is 0 Å². The molecular formula is C20H18ClF3N2O5. The molecule has 1 aliphatic rings. The molecule has 0 saturated carbocycles. The zero-order chi connectivity index (χ0) is 23.3. The second-order valence-corrected chi connectivity index (χ2v) is 6.98. The number of alkyl halides is 3. The summed E-state index contributed by atoms with van der Waals surface area (Å²) in [6.07, 6.45) is -5.66. The Bertz CT molecular complexity index is 978. The number of ether oxygens (including phenoxy) is 1. The predicted molar refractivity (Wildman–Crippen MR) is 106 cm³/mol. The number of rotatable bonds is 3. The van der Waals surface area contributed by atoms with E-state index in [1.54, 1.807) is 30.3 Å². The van der Waals surface area contributed by atoms with E-state index in [9.17, 15) is 22.8 Å². The molecule has 2 aromatic rings. The van der Waals surface area contributed by atoms with Crippen LogP contribution in [0.3, 0.4) is 0 Å². The van der Waals surface area contributed by atoms with Gasteiger partial charge in [0, 0.05) is 18.2 Å². The van der Waals surface area contributed by atoms with Crippen LogP contribution in [0.5, 0.6) is 0 Å². The monoisotopic (exact) mass is 458 g/mol. The number of fused-ring (bicyclic) bond motifs is 1. The third-order valence-corrected chi connectivity index (χ3v) is 4.51. The lowest BCUT2D eigenvalue weighted by atomic mass is 9.98. The van der Waals surface area contributed by atoms with E-state index in [0.717, 1.165) is 5.56 Å². The van der Waals surface area contributed by atoms with Gasteiger partial charge < -0.3 is 20.9 Å². The SMILES string of the molecule is C[C@@H](N)c1ccc(NC(=O)C2Cc3cccc(Cl)c3C(=O)O2)cc1.O=C(O)C(F)(F)F. The molecule has 7 nitrogen and oxygen atoms in total. The summed E-state index contributed by atoms with van der Waals surface area (Å²) in [6.45, 7) is 1.89. The van der Waals surface area contributed by atoms with Gasteiger partial charge in [0.2, 0.25) is 0 Å². The highest BCUT2D eigenvalue weighted by atomic mass is 35.5. The van der Waals surface area contributed by atoms with Crippen molar-refractivity contribution >= 4 is 35.1 Å². The minimum absolute atomic E-state index is 0.0738. The fourth-order valence-electron chi connectivity index (χ4n) is 2.64. The number of nitrogens with two attached hydrogens (primary N) is 1. The Morgan fingerprint density at radius 1 is 1.23 bits per heavy atom. The first kappa shape index (κ1) is 24.2. The quantitative estimate of drug-likeness (QED) is 0.603. The van der Waals surface area contributed by atoms with Crippen molar-refractivity contribution in [1.29, 1.82) is 0 Å². The summed E-state index contributed by atoms with van der Waals surface area (Å²) in [4.78, 5) is 33.4. The molecule has 11 heteroatoms. The van der Waals surface area contributed by atoms with E-state index in [0.29, 0.717) is 28.3 Å². The number of hydrogen-bond donors (Lipinski definition) is 3. The Hall–Kier alpha value is -3.11. The van der Waals surface area contributed by atoms with Crippen molar-refractivity contribution in [2.75, 3.05) is 5.32 Å². The van der Waals surface area contributed by atoms with E-state index in [1.807, 2.05) is 19.1 Å². The average molecular weight is 459 g/mol. The largest absolute Gasteiger partial charge is 0.490 e. The van der Waals surface area contributed by atoms with Crippen LogP contribution in [-0.2, 0) is 20.7 Å². The van der Waals surface area contributed by atoms with E-state index in [4.69, 9.17) is 32.0 Å². The highest BCUT2D eigenvalue weighted by molar-refractivity contribution is 6.33.